The number of hydrogen-bond acceptors (Lipinski definition) is 3. The zero-order valence-corrected chi connectivity index (χ0v) is 14.7. The zero-order chi connectivity index (χ0) is 17.8. The van der Waals surface area contributed by atoms with Crippen LogP contribution < -0.4 is 10.2 Å². The number of methoxy groups -OCH3 is 1. The lowest BCUT2D eigenvalue weighted by atomic mass is 10.00. The molecule has 0 saturated heterocycles. The van der Waals surface area contributed by atoms with E-state index in [4.69, 9.17) is 16.3 Å². The summed E-state index contributed by atoms with van der Waals surface area (Å²) in [5, 5.41) is 3.19. The van der Waals surface area contributed by atoms with Crippen molar-refractivity contribution in [2.45, 2.75) is 13.0 Å². The maximum Gasteiger partial charge on any atom is 0.337 e. The maximum absolute atomic E-state index is 12.4. The van der Waals surface area contributed by atoms with Crippen LogP contribution in [0.1, 0.15) is 21.5 Å². The van der Waals surface area contributed by atoms with Crippen molar-refractivity contribution in [2.24, 2.45) is 0 Å². The first-order chi connectivity index (χ1) is 12.1. The summed E-state index contributed by atoms with van der Waals surface area (Å²) in [6, 6.07) is 13.0. The predicted molar refractivity (Wildman–Crippen MR) is 96.0 cm³/mol. The second-order valence-electron chi connectivity index (χ2n) is 6.11. The molecule has 1 unspecified atom stereocenters. The molecular weight excluding hydrogens is 340 g/mol. The molecular formula is C19H20ClN2O3+. The molecule has 0 radical (unpaired) electrons. The van der Waals surface area contributed by atoms with Crippen LogP contribution in [0.15, 0.2) is 42.5 Å². The van der Waals surface area contributed by atoms with Gasteiger partial charge in [0.05, 0.1) is 29.9 Å². The molecule has 25 heavy (non-hydrogen) atoms. The normalized spacial score (nSPS) is 16.0. The van der Waals surface area contributed by atoms with Gasteiger partial charge in [-0.05, 0) is 23.8 Å². The number of rotatable bonds is 4. The number of quaternary nitrogens is 1. The number of carbonyl (C=O) groups is 2. The molecule has 0 bridgehead atoms. The minimum Gasteiger partial charge on any atom is -0.465 e. The van der Waals surface area contributed by atoms with Gasteiger partial charge in [-0.2, -0.15) is 0 Å². The van der Waals surface area contributed by atoms with E-state index in [9.17, 15) is 9.59 Å². The first-order valence-corrected chi connectivity index (χ1v) is 8.52. The largest absolute Gasteiger partial charge is 0.465 e. The first-order valence-electron chi connectivity index (χ1n) is 8.15. The number of ether oxygens (including phenoxy) is 1. The highest BCUT2D eigenvalue weighted by Gasteiger charge is 2.22. The third-order valence-electron chi connectivity index (χ3n) is 4.38. The molecule has 0 aromatic heterocycles. The third-order valence-corrected chi connectivity index (χ3v) is 4.71. The Morgan fingerprint density at radius 2 is 1.96 bits per heavy atom. The molecule has 0 spiro atoms. The number of halogens is 1. The Kier molecular flexibility index (Phi) is 5.36. The highest BCUT2D eigenvalue weighted by molar-refractivity contribution is 6.33. The number of fused-ring (bicyclic) bond motifs is 1. The van der Waals surface area contributed by atoms with E-state index in [-0.39, 0.29) is 5.91 Å². The molecule has 2 aromatic rings. The van der Waals surface area contributed by atoms with Gasteiger partial charge in [0, 0.05) is 12.0 Å². The lowest BCUT2D eigenvalue weighted by Gasteiger charge is -2.25. The van der Waals surface area contributed by atoms with Gasteiger partial charge in [-0.25, -0.2) is 4.79 Å². The summed E-state index contributed by atoms with van der Waals surface area (Å²) < 4.78 is 4.69. The van der Waals surface area contributed by atoms with Gasteiger partial charge in [-0.15, -0.1) is 0 Å². The number of esters is 1. The second kappa shape index (κ2) is 7.68. The van der Waals surface area contributed by atoms with Gasteiger partial charge < -0.3 is 15.0 Å². The zero-order valence-electron chi connectivity index (χ0n) is 14.0. The minimum atomic E-state index is -0.467. The van der Waals surface area contributed by atoms with Crippen LogP contribution in [0.25, 0.3) is 0 Å². The average molecular weight is 360 g/mol. The SMILES string of the molecule is COC(=O)c1ccc(Cl)c(NC(=O)C[NH+]2CCc3ccccc3C2)c1. The molecule has 2 aromatic carbocycles. The predicted octanol–water partition coefficient (Wildman–Crippen LogP) is 1.71. The van der Waals surface area contributed by atoms with Gasteiger partial charge in [-0.1, -0.05) is 35.9 Å². The standard InChI is InChI=1S/C19H19ClN2O3/c1-25-19(24)14-6-7-16(20)17(10-14)21-18(23)12-22-9-8-13-4-2-3-5-15(13)11-22/h2-7,10H,8-9,11-12H2,1H3,(H,21,23)/p+1. The molecule has 0 saturated carbocycles. The van der Waals surface area contributed by atoms with Crippen molar-refractivity contribution in [3.8, 4) is 0 Å². The van der Waals surface area contributed by atoms with Crippen molar-refractivity contribution in [1.29, 1.82) is 0 Å². The van der Waals surface area contributed by atoms with Crippen molar-refractivity contribution >= 4 is 29.2 Å². The van der Waals surface area contributed by atoms with Gasteiger partial charge in [-0.3, -0.25) is 4.79 Å². The number of anilines is 1. The van der Waals surface area contributed by atoms with Gasteiger partial charge in [0.1, 0.15) is 6.54 Å². The third kappa shape index (κ3) is 4.18. The summed E-state index contributed by atoms with van der Waals surface area (Å²) >= 11 is 6.12. The minimum absolute atomic E-state index is 0.127. The van der Waals surface area contributed by atoms with Crippen LogP contribution >= 0.6 is 11.6 Å². The lowest BCUT2D eigenvalue weighted by molar-refractivity contribution is -0.907. The quantitative estimate of drug-likeness (QED) is 0.817. The monoisotopic (exact) mass is 359 g/mol. The van der Waals surface area contributed by atoms with Gasteiger partial charge in [0.15, 0.2) is 6.54 Å². The number of carbonyl (C=O) groups excluding carboxylic acids is 2. The Labute approximate surface area is 151 Å². The first kappa shape index (κ1) is 17.5. The van der Waals surface area contributed by atoms with Crippen LogP contribution in [0.3, 0.4) is 0 Å². The number of hydrogen-bond donors (Lipinski definition) is 2. The summed E-state index contributed by atoms with van der Waals surface area (Å²) in [7, 11) is 1.31. The van der Waals surface area contributed by atoms with Crippen molar-refractivity contribution in [2.75, 3.05) is 25.5 Å². The molecule has 1 aliphatic rings. The van der Waals surface area contributed by atoms with E-state index in [1.54, 1.807) is 12.1 Å². The van der Waals surface area contributed by atoms with Crippen molar-refractivity contribution in [1.82, 2.24) is 0 Å². The topological polar surface area (TPSA) is 59.8 Å². The fourth-order valence-electron chi connectivity index (χ4n) is 3.08. The molecule has 0 aliphatic carbocycles. The molecule has 130 valence electrons. The molecule has 3 rings (SSSR count). The highest BCUT2D eigenvalue weighted by Crippen LogP contribution is 2.23. The van der Waals surface area contributed by atoms with Gasteiger partial charge in [0.25, 0.3) is 5.91 Å². The smallest absolute Gasteiger partial charge is 0.337 e. The summed E-state index contributed by atoms with van der Waals surface area (Å²) in [6.45, 7) is 2.10. The van der Waals surface area contributed by atoms with Crippen LogP contribution in [0.5, 0.6) is 0 Å². The summed E-state index contributed by atoms with van der Waals surface area (Å²) in [5.41, 5.74) is 3.43. The van der Waals surface area contributed by atoms with Crippen LogP contribution in [-0.4, -0.2) is 32.1 Å². The Hall–Kier alpha value is -2.37. The highest BCUT2D eigenvalue weighted by atomic mass is 35.5. The van der Waals surface area contributed by atoms with Crippen LogP contribution in [0, 0.1) is 0 Å². The van der Waals surface area contributed by atoms with E-state index in [0.29, 0.717) is 22.8 Å². The Bertz CT molecular complexity index is 807. The average Bonchev–Trinajstić information content (AvgIpc) is 2.62. The lowest BCUT2D eigenvalue weighted by Crippen LogP contribution is -3.12. The summed E-state index contributed by atoms with van der Waals surface area (Å²) in [6.07, 6.45) is 0.970. The van der Waals surface area contributed by atoms with Crippen LogP contribution in [0.4, 0.5) is 5.69 Å². The molecule has 1 heterocycles. The molecule has 1 aliphatic heterocycles. The van der Waals surface area contributed by atoms with E-state index >= 15 is 0 Å². The molecule has 1 atom stereocenters. The van der Waals surface area contributed by atoms with Crippen molar-refractivity contribution in [3.05, 3.63) is 64.2 Å². The molecule has 5 nitrogen and oxygen atoms in total. The molecule has 2 N–H and O–H groups in total. The number of benzene rings is 2. The van der Waals surface area contributed by atoms with E-state index < -0.39 is 5.97 Å². The van der Waals surface area contributed by atoms with E-state index in [1.807, 2.05) is 12.1 Å². The number of amides is 1. The summed E-state index contributed by atoms with van der Waals surface area (Å²) in [4.78, 5) is 25.2. The molecule has 0 fully saturated rings. The van der Waals surface area contributed by atoms with Crippen LogP contribution in [0.2, 0.25) is 5.02 Å². The Balaban J connectivity index is 1.64. The Morgan fingerprint density at radius 1 is 1.20 bits per heavy atom. The maximum atomic E-state index is 12.4. The summed E-state index contributed by atoms with van der Waals surface area (Å²) in [5.74, 6) is -0.594. The van der Waals surface area contributed by atoms with E-state index in [2.05, 4.69) is 17.4 Å². The fraction of sp³-hybridized carbons (Fsp3) is 0.263. The van der Waals surface area contributed by atoms with Crippen molar-refractivity contribution in [3.63, 3.8) is 0 Å². The van der Waals surface area contributed by atoms with E-state index in [0.717, 1.165) is 19.5 Å². The van der Waals surface area contributed by atoms with Gasteiger partial charge in [0.2, 0.25) is 0 Å². The van der Waals surface area contributed by atoms with E-state index in [1.165, 1.54) is 29.2 Å². The van der Waals surface area contributed by atoms with Crippen molar-refractivity contribution < 1.29 is 19.2 Å². The number of nitrogens with one attached hydrogen (secondary N) is 2. The molecule has 1 amide bonds. The van der Waals surface area contributed by atoms with Crippen LogP contribution in [-0.2, 0) is 22.5 Å². The molecule has 6 heteroatoms. The fourth-order valence-corrected chi connectivity index (χ4v) is 3.25. The Morgan fingerprint density at radius 3 is 2.72 bits per heavy atom. The second-order valence-corrected chi connectivity index (χ2v) is 6.51. The van der Waals surface area contributed by atoms with Gasteiger partial charge >= 0.3 is 5.97 Å².